The summed E-state index contributed by atoms with van der Waals surface area (Å²) < 4.78 is 5.94. The Morgan fingerprint density at radius 1 is 0.676 bits per heavy atom. The predicted molar refractivity (Wildman–Crippen MR) is 147 cm³/mol. The average Bonchev–Trinajstić information content (AvgIpc) is 2.87. The van der Waals surface area contributed by atoms with E-state index in [1.54, 1.807) is 7.11 Å². The fraction of sp³-hybridized carbons (Fsp3) is 0.548. The van der Waals surface area contributed by atoms with Crippen LogP contribution in [-0.2, 0) is 0 Å². The predicted octanol–water partition coefficient (Wildman–Crippen LogP) is 8.28. The van der Waals surface area contributed by atoms with Crippen LogP contribution in [0.5, 0.6) is 5.75 Å². The first-order valence-corrected chi connectivity index (χ1v) is 13.6. The average molecular weight is 464 g/mol. The highest BCUT2D eigenvalue weighted by Crippen LogP contribution is 2.41. The molecule has 0 aliphatic carbocycles. The fourth-order valence-corrected chi connectivity index (χ4v) is 5.20. The van der Waals surface area contributed by atoms with E-state index in [9.17, 15) is 5.11 Å². The first-order chi connectivity index (χ1) is 16.7. The molecule has 3 aromatic rings. The summed E-state index contributed by atoms with van der Waals surface area (Å²) in [6, 6.07) is 16.8. The molecule has 34 heavy (non-hydrogen) atoms. The van der Waals surface area contributed by atoms with Crippen LogP contribution in [0.3, 0.4) is 0 Å². The van der Waals surface area contributed by atoms with Crippen LogP contribution >= 0.6 is 0 Å². The summed E-state index contributed by atoms with van der Waals surface area (Å²) >= 11 is 0. The van der Waals surface area contributed by atoms with Crippen LogP contribution in [-0.4, -0.2) is 36.8 Å². The molecule has 0 radical (unpaired) electrons. The van der Waals surface area contributed by atoms with Gasteiger partial charge in [-0.25, -0.2) is 0 Å². The number of methoxy groups -OCH3 is 1. The summed E-state index contributed by atoms with van der Waals surface area (Å²) in [6.45, 7) is 7.30. The molecule has 0 aromatic heterocycles. The van der Waals surface area contributed by atoms with Crippen molar-refractivity contribution in [2.75, 3.05) is 26.7 Å². The number of aliphatic hydroxyl groups is 1. The molecule has 0 unspecified atom stereocenters. The summed E-state index contributed by atoms with van der Waals surface area (Å²) in [6.07, 6.45) is 12.2. The van der Waals surface area contributed by atoms with Crippen molar-refractivity contribution >= 4 is 21.5 Å². The second-order valence-electron chi connectivity index (χ2n) is 9.68. The molecule has 0 amide bonds. The highest BCUT2D eigenvalue weighted by Gasteiger charge is 2.22. The first-order valence-electron chi connectivity index (χ1n) is 13.6. The summed E-state index contributed by atoms with van der Waals surface area (Å²) in [5, 5.41) is 16.1. The van der Waals surface area contributed by atoms with Gasteiger partial charge in [-0.2, -0.15) is 0 Å². The number of aliphatic hydroxyl groups excluding tert-OH is 1. The second-order valence-corrected chi connectivity index (χ2v) is 9.68. The van der Waals surface area contributed by atoms with Crippen LogP contribution in [0.1, 0.15) is 89.7 Å². The zero-order valence-corrected chi connectivity index (χ0v) is 21.7. The summed E-state index contributed by atoms with van der Waals surface area (Å²) in [5.41, 5.74) is 0.929. The Morgan fingerprint density at radius 2 is 1.15 bits per heavy atom. The number of hydrogen-bond acceptors (Lipinski definition) is 3. The van der Waals surface area contributed by atoms with Crippen molar-refractivity contribution < 1.29 is 9.84 Å². The SMILES string of the molecule is CCCCCCCN(CCCCCCC)C[C@H](O)c1c(OC)c2ccccc2c2ccccc12. The van der Waals surface area contributed by atoms with Gasteiger partial charge in [-0.05, 0) is 42.1 Å². The molecule has 0 spiro atoms. The molecule has 3 nitrogen and oxygen atoms in total. The van der Waals surface area contributed by atoms with E-state index in [0.717, 1.165) is 35.2 Å². The van der Waals surface area contributed by atoms with Gasteiger partial charge in [0.15, 0.2) is 0 Å². The maximum absolute atomic E-state index is 11.6. The molecule has 0 saturated carbocycles. The summed E-state index contributed by atoms with van der Waals surface area (Å²) in [4.78, 5) is 2.49. The molecule has 1 atom stereocenters. The minimum atomic E-state index is -0.587. The number of unbranched alkanes of at least 4 members (excludes halogenated alkanes) is 8. The molecule has 0 fully saturated rings. The van der Waals surface area contributed by atoms with Gasteiger partial charge in [-0.3, -0.25) is 0 Å². The Kier molecular flexibility index (Phi) is 11.2. The van der Waals surface area contributed by atoms with Crippen LogP contribution in [0.25, 0.3) is 21.5 Å². The lowest BCUT2D eigenvalue weighted by molar-refractivity contribution is 0.109. The van der Waals surface area contributed by atoms with Gasteiger partial charge in [0.25, 0.3) is 0 Å². The monoisotopic (exact) mass is 463 g/mol. The van der Waals surface area contributed by atoms with Gasteiger partial charge < -0.3 is 14.7 Å². The van der Waals surface area contributed by atoms with Gasteiger partial charge in [0.2, 0.25) is 0 Å². The van der Waals surface area contributed by atoms with Crippen LogP contribution in [0.15, 0.2) is 48.5 Å². The zero-order chi connectivity index (χ0) is 24.2. The quantitative estimate of drug-likeness (QED) is 0.171. The molecule has 1 N–H and O–H groups in total. The Balaban J connectivity index is 1.83. The van der Waals surface area contributed by atoms with E-state index in [-0.39, 0.29) is 0 Å². The van der Waals surface area contributed by atoms with Gasteiger partial charge in [0.1, 0.15) is 5.75 Å². The van der Waals surface area contributed by atoms with Crippen molar-refractivity contribution in [1.29, 1.82) is 0 Å². The van der Waals surface area contributed by atoms with Crippen LogP contribution in [0.2, 0.25) is 0 Å². The Labute approximate surface area is 207 Å². The van der Waals surface area contributed by atoms with Crippen LogP contribution < -0.4 is 4.74 Å². The van der Waals surface area contributed by atoms with Crippen LogP contribution in [0.4, 0.5) is 0 Å². The van der Waals surface area contributed by atoms with Gasteiger partial charge in [-0.15, -0.1) is 0 Å². The Morgan fingerprint density at radius 3 is 1.68 bits per heavy atom. The molecular weight excluding hydrogens is 418 g/mol. The lowest BCUT2D eigenvalue weighted by Crippen LogP contribution is -2.31. The number of nitrogens with zero attached hydrogens (tertiary/aromatic N) is 1. The van der Waals surface area contributed by atoms with E-state index in [1.165, 1.54) is 75.0 Å². The van der Waals surface area contributed by atoms with Gasteiger partial charge >= 0.3 is 0 Å². The molecule has 3 aromatic carbocycles. The summed E-state index contributed by atoms with van der Waals surface area (Å²) in [7, 11) is 1.73. The van der Waals surface area contributed by atoms with E-state index >= 15 is 0 Å². The molecule has 0 heterocycles. The van der Waals surface area contributed by atoms with Crippen molar-refractivity contribution in [3.05, 3.63) is 54.1 Å². The Bertz CT molecular complexity index is 985. The third-order valence-electron chi connectivity index (χ3n) is 7.05. The minimum absolute atomic E-state index is 0.587. The minimum Gasteiger partial charge on any atom is -0.496 e. The maximum atomic E-state index is 11.6. The topological polar surface area (TPSA) is 32.7 Å². The third-order valence-corrected chi connectivity index (χ3v) is 7.05. The standard InChI is InChI=1S/C31H45NO2/c1-4-6-8-10-16-22-32(23-17-11-9-7-5-2)24-29(33)30-27-20-14-12-18-25(27)26-19-13-15-21-28(26)31(30)34-3/h12-15,18-21,29,33H,4-11,16-17,22-24H2,1-3H3/t29-/m0/s1. The number of fused-ring (bicyclic) bond motifs is 3. The van der Waals surface area contributed by atoms with Gasteiger partial charge in [0, 0.05) is 17.5 Å². The lowest BCUT2D eigenvalue weighted by atomic mass is 9.93. The third kappa shape index (κ3) is 6.96. The highest BCUT2D eigenvalue weighted by atomic mass is 16.5. The highest BCUT2D eigenvalue weighted by molar-refractivity contribution is 6.12. The largest absolute Gasteiger partial charge is 0.496 e. The second kappa shape index (κ2) is 14.3. The number of rotatable bonds is 16. The molecule has 0 saturated heterocycles. The van der Waals surface area contributed by atoms with Crippen molar-refractivity contribution in [1.82, 2.24) is 4.90 Å². The number of ether oxygens (including phenoxy) is 1. The molecular formula is C31H45NO2. The van der Waals surface area contributed by atoms with Crippen molar-refractivity contribution in [3.63, 3.8) is 0 Å². The molecule has 3 heteroatoms. The first kappa shape index (κ1) is 26.5. The number of benzene rings is 3. The normalized spacial score (nSPS) is 12.6. The van der Waals surface area contributed by atoms with E-state index in [0.29, 0.717) is 6.54 Å². The van der Waals surface area contributed by atoms with Crippen molar-refractivity contribution in [2.24, 2.45) is 0 Å². The van der Waals surface area contributed by atoms with E-state index in [1.807, 2.05) is 0 Å². The molecule has 186 valence electrons. The van der Waals surface area contributed by atoms with Gasteiger partial charge in [0.05, 0.1) is 13.2 Å². The van der Waals surface area contributed by atoms with Crippen molar-refractivity contribution in [2.45, 2.75) is 84.2 Å². The summed E-state index contributed by atoms with van der Waals surface area (Å²) in [5.74, 6) is 0.813. The Hall–Kier alpha value is -2.10. The molecule has 0 aliphatic heterocycles. The van der Waals surface area contributed by atoms with Gasteiger partial charge in [-0.1, -0.05) is 114 Å². The van der Waals surface area contributed by atoms with Crippen LogP contribution in [0, 0.1) is 0 Å². The van der Waals surface area contributed by atoms with E-state index in [4.69, 9.17) is 4.74 Å². The number of hydrogen-bond donors (Lipinski definition) is 1. The lowest BCUT2D eigenvalue weighted by Gasteiger charge is -2.27. The zero-order valence-electron chi connectivity index (χ0n) is 21.7. The van der Waals surface area contributed by atoms with Crippen molar-refractivity contribution in [3.8, 4) is 5.75 Å². The van der Waals surface area contributed by atoms with E-state index in [2.05, 4.69) is 67.3 Å². The smallest absolute Gasteiger partial charge is 0.133 e. The fourth-order valence-electron chi connectivity index (χ4n) is 5.20. The molecule has 3 rings (SSSR count). The molecule has 0 bridgehead atoms. The maximum Gasteiger partial charge on any atom is 0.133 e. The van der Waals surface area contributed by atoms with E-state index < -0.39 is 6.10 Å². The molecule has 0 aliphatic rings.